The summed E-state index contributed by atoms with van der Waals surface area (Å²) in [6, 6.07) is 2.66. The molecule has 0 bridgehead atoms. The minimum Gasteiger partial charge on any atom is -0.360 e. The Morgan fingerprint density at radius 3 is 2.67 bits per heavy atom. The van der Waals surface area contributed by atoms with E-state index in [2.05, 4.69) is 50.8 Å². The molecular formula is C28H34F4N6O. The van der Waals surface area contributed by atoms with E-state index < -0.39 is 40.5 Å². The van der Waals surface area contributed by atoms with Gasteiger partial charge in [0.05, 0.1) is 23.0 Å². The van der Waals surface area contributed by atoms with E-state index in [9.17, 15) is 22.4 Å². The van der Waals surface area contributed by atoms with E-state index >= 15 is 0 Å². The zero-order chi connectivity index (χ0) is 28.0. The number of rotatable bonds is 7. The third kappa shape index (κ3) is 5.47. The second-order valence-electron chi connectivity index (χ2n) is 11.0. The lowest BCUT2D eigenvalue weighted by molar-refractivity contribution is -0.137. The first-order valence-electron chi connectivity index (χ1n) is 13.3. The van der Waals surface area contributed by atoms with Gasteiger partial charge >= 0.3 is 6.18 Å². The van der Waals surface area contributed by atoms with Gasteiger partial charge in [0.15, 0.2) is 0 Å². The van der Waals surface area contributed by atoms with Gasteiger partial charge in [0.2, 0.25) is 5.91 Å². The molecule has 39 heavy (non-hydrogen) atoms. The Hall–Kier alpha value is -3.18. The van der Waals surface area contributed by atoms with Gasteiger partial charge in [-0.1, -0.05) is 24.3 Å². The van der Waals surface area contributed by atoms with Crippen molar-refractivity contribution in [1.82, 2.24) is 15.1 Å². The molecule has 1 aromatic rings. The molecule has 5 rings (SSSR count). The molecule has 1 saturated carbocycles. The molecule has 0 aromatic heterocycles. The molecule has 3 atom stereocenters. The number of amides is 1. The quantitative estimate of drug-likeness (QED) is 0.353. The standard InChI is InChI=1S/C28H34F4N6O/c1-18(22-10-11-27(33,17-34-22)36-24-20(28(30,31)32)7-3-8-21(24)29)35-25(39)26(12-13-26)38-15-4-6-19(16-38)23-9-5-14-37(23)2/h3-4,6-8,10,16-18,23,36H,5,9,11-15,33H2,1-2H3,(H,35,39). The summed E-state index contributed by atoms with van der Waals surface area (Å²) in [5.41, 5.74) is 4.01. The van der Waals surface area contributed by atoms with Crippen molar-refractivity contribution in [3.63, 3.8) is 0 Å². The van der Waals surface area contributed by atoms with Crippen LogP contribution < -0.4 is 16.4 Å². The van der Waals surface area contributed by atoms with E-state index in [4.69, 9.17) is 5.73 Å². The second-order valence-corrected chi connectivity index (χ2v) is 11.0. The van der Waals surface area contributed by atoms with Crippen molar-refractivity contribution in [1.29, 1.82) is 0 Å². The van der Waals surface area contributed by atoms with Gasteiger partial charge in [-0.3, -0.25) is 14.7 Å². The first-order chi connectivity index (χ1) is 18.4. The minimum atomic E-state index is -4.75. The van der Waals surface area contributed by atoms with Crippen molar-refractivity contribution >= 4 is 17.8 Å². The van der Waals surface area contributed by atoms with Crippen molar-refractivity contribution in [3.05, 3.63) is 65.3 Å². The molecule has 3 aliphatic heterocycles. The highest BCUT2D eigenvalue weighted by Crippen LogP contribution is 2.44. The topological polar surface area (TPSA) is 86.0 Å². The maximum absolute atomic E-state index is 14.3. The number of hydrogen-bond acceptors (Lipinski definition) is 6. The summed E-state index contributed by atoms with van der Waals surface area (Å²) in [6.45, 7) is 3.54. The third-order valence-corrected chi connectivity index (χ3v) is 8.08. The summed E-state index contributed by atoms with van der Waals surface area (Å²) < 4.78 is 54.5. The van der Waals surface area contributed by atoms with Crippen LogP contribution in [0.25, 0.3) is 0 Å². The number of anilines is 1. The van der Waals surface area contributed by atoms with Crippen molar-refractivity contribution in [2.75, 3.05) is 25.5 Å². The lowest BCUT2D eigenvalue weighted by atomic mass is 10.0. The normalized spacial score (nSPS) is 27.2. The van der Waals surface area contributed by atoms with Gasteiger partial charge in [0, 0.05) is 31.4 Å². The van der Waals surface area contributed by atoms with Gasteiger partial charge in [-0.25, -0.2) is 4.39 Å². The van der Waals surface area contributed by atoms with E-state index in [1.165, 1.54) is 11.8 Å². The van der Waals surface area contributed by atoms with E-state index in [0.29, 0.717) is 18.3 Å². The fourth-order valence-electron chi connectivity index (χ4n) is 5.63. The summed E-state index contributed by atoms with van der Waals surface area (Å²) in [5.74, 6) is -1.14. The largest absolute Gasteiger partial charge is 0.418 e. The fourth-order valence-corrected chi connectivity index (χ4v) is 5.63. The highest BCUT2D eigenvalue weighted by molar-refractivity contribution is 5.90. The molecule has 0 spiro atoms. The highest BCUT2D eigenvalue weighted by Gasteiger charge is 2.54. The Labute approximate surface area is 225 Å². The molecule has 4 N–H and O–H groups in total. The van der Waals surface area contributed by atoms with Crippen molar-refractivity contribution in [3.8, 4) is 0 Å². The summed E-state index contributed by atoms with van der Waals surface area (Å²) in [5, 5.41) is 5.55. The first kappa shape index (κ1) is 27.4. The summed E-state index contributed by atoms with van der Waals surface area (Å²) in [4.78, 5) is 22.2. The van der Waals surface area contributed by atoms with E-state index in [1.807, 2.05) is 0 Å². The van der Waals surface area contributed by atoms with Gasteiger partial charge in [0.25, 0.3) is 0 Å². The molecule has 1 aliphatic carbocycles. The van der Waals surface area contributed by atoms with Crippen LogP contribution in [-0.4, -0.2) is 65.3 Å². The van der Waals surface area contributed by atoms with Crippen LogP contribution in [0.4, 0.5) is 23.2 Å². The van der Waals surface area contributed by atoms with Gasteiger partial charge in [-0.15, -0.1) is 0 Å². The predicted octanol–water partition coefficient (Wildman–Crippen LogP) is 4.16. The smallest absolute Gasteiger partial charge is 0.360 e. The summed E-state index contributed by atoms with van der Waals surface area (Å²) in [6.07, 6.45) is 8.41. The zero-order valence-electron chi connectivity index (χ0n) is 22.1. The molecule has 7 nitrogen and oxygen atoms in total. The number of para-hydroxylation sites is 1. The van der Waals surface area contributed by atoms with E-state index in [1.54, 1.807) is 13.0 Å². The molecule has 3 heterocycles. The SMILES string of the molecule is CC(NC(=O)C1(N2C=C(C3CCCN3C)C=CC2)CC1)C1=CCC(N)(Nc2c(F)cccc2C(F)(F)F)C=N1. The minimum absolute atomic E-state index is 0.0563. The molecule has 1 aromatic carbocycles. The van der Waals surface area contributed by atoms with Crippen LogP contribution in [0.2, 0.25) is 0 Å². The number of nitrogens with one attached hydrogen (secondary N) is 2. The number of likely N-dealkylation sites (tertiary alicyclic amines) is 1. The molecule has 3 unspecified atom stereocenters. The Balaban J connectivity index is 1.23. The van der Waals surface area contributed by atoms with Crippen LogP contribution >= 0.6 is 0 Å². The number of halogens is 4. The summed E-state index contributed by atoms with van der Waals surface area (Å²) >= 11 is 0. The molecule has 0 radical (unpaired) electrons. The number of carbonyl (C=O) groups excluding carboxylic acids is 1. The third-order valence-electron chi connectivity index (χ3n) is 8.08. The Morgan fingerprint density at radius 1 is 1.28 bits per heavy atom. The Morgan fingerprint density at radius 2 is 2.05 bits per heavy atom. The Bertz CT molecular complexity index is 1250. The van der Waals surface area contributed by atoms with Crippen LogP contribution in [0.1, 0.15) is 44.6 Å². The molecular weight excluding hydrogens is 512 g/mol. The molecule has 1 saturated heterocycles. The molecule has 2 fully saturated rings. The van der Waals surface area contributed by atoms with Crippen molar-refractivity contribution in [2.24, 2.45) is 10.7 Å². The van der Waals surface area contributed by atoms with Crippen molar-refractivity contribution < 1.29 is 22.4 Å². The maximum Gasteiger partial charge on any atom is 0.418 e. The number of carbonyl (C=O) groups is 1. The van der Waals surface area contributed by atoms with Crippen LogP contribution in [0.5, 0.6) is 0 Å². The monoisotopic (exact) mass is 546 g/mol. The van der Waals surface area contributed by atoms with Crippen LogP contribution in [0, 0.1) is 5.82 Å². The number of likely N-dealkylation sites (N-methyl/N-ethyl adjacent to an activating group) is 1. The average molecular weight is 547 g/mol. The number of nitrogens with zero attached hydrogens (tertiary/aromatic N) is 3. The fraction of sp³-hybridized carbons (Fsp3) is 0.500. The van der Waals surface area contributed by atoms with E-state index in [-0.39, 0.29) is 12.3 Å². The predicted molar refractivity (Wildman–Crippen MR) is 142 cm³/mol. The molecule has 4 aliphatic rings. The lowest BCUT2D eigenvalue weighted by Gasteiger charge is -2.35. The van der Waals surface area contributed by atoms with Gasteiger partial charge in [-0.2, -0.15) is 13.2 Å². The van der Waals surface area contributed by atoms with Crippen LogP contribution in [0.3, 0.4) is 0 Å². The average Bonchev–Trinajstić information content (AvgIpc) is 3.60. The molecule has 1 amide bonds. The summed E-state index contributed by atoms with van der Waals surface area (Å²) in [7, 11) is 2.13. The number of aliphatic imine (C=N–C) groups is 1. The number of benzene rings is 1. The van der Waals surface area contributed by atoms with Gasteiger partial charge in [0.1, 0.15) is 17.0 Å². The molecule has 11 heteroatoms. The van der Waals surface area contributed by atoms with Gasteiger partial charge < -0.3 is 21.3 Å². The van der Waals surface area contributed by atoms with E-state index in [0.717, 1.165) is 50.4 Å². The second kappa shape index (κ2) is 10.1. The van der Waals surface area contributed by atoms with Crippen LogP contribution in [0.15, 0.2) is 58.9 Å². The van der Waals surface area contributed by atoms with Gasteiger partial charge in [-0.05, 0) is 63.9 Å². The number of nitrogens with two attached hydrogens (primary N) is 1. The molecule has 210 valence electrons. The lowest BCUT2D eigenvalue weighted by Crippen LogP contribution is -2.52. The highest BCUT2D eigenvalue weighted by atomic mass is 19.4. The number of alkyl halides is 3. The zero-order valence-corrected chi connectivity index (χ0v) is 22.1. The maximum atomic E-state index is 14.3. The Kier molecular flexibility index (Phi) is 7.09. The van der Waals surface area contributed by atoms with Crippen LogP contribution in [-0.2, 0) is 11.0 Å². The van der Waals surface area contributed by atoms with Crippen molar-refractivity contribution in [2.45, 2.75) is 68.5 Å². The first-order valence-corrected chi connectivity index (χ1v) is 13.3. The number of hydrogen-bond donors (Lipinski definition) is 3.